The molecule has 1 unspecified atom stereocenters. The highest BCUT2D eigenvalue weighted by molar-refractivity contribution is 9.10. The van der Waals surface area contributed by atoms with Gasteiger partial charge in [0.25, 0.3) is 0 Å². The first-order valence-electron chi connectivity index (χ1n) is 9.84. The fourth-order valence-corrected chi connectivity index (χ4v) is 5.18. The average molecular weight is 450 g/mol. The maximum absolute atomic E-state index is 13.8. The summed E-state index contributed by atoms with van der Waals surface area (Å²) in [6, 6.07) is 17.2. The van der Waals surface area contributed by atoms with Gasteiger partial charge in [-0.2, -0.15) is 0 Å². The number of rotatable bonds is 1. The van der Waals surface area contributed by atoms with Gasteiger partial charge in [-0.25, -0.2) is 4.39 Å². The molecule has 29 heavy (non-hydrogen) atoms. The Kier molecular flexibility index (Phi) is 4.18. The highest BCUT2D eigenvalue weighted by Gasteiger charge is 2.40. The summed E-state index contributed by atoms with van der Waals surface area (Å²) in [6.07, 6.45) is 1.36. The molecule has 146 valence electrons. The van der Waals surface area contributed by atoms with Crippen LogP contribution in [0.4, 0.5) is 10.1 Å². The zero-order valence-electron chi connectivity index (χ0n) is 16.4. The van der Waals surface area contributed by atoms with Gasteiger partial charge in [0, 0.05) is 23.2 Å². The van der Waals surface area contributed by atoms with E-state index >= 15 is 0 Å². The lowest BCUT2D eigenvalue weighted by molar-refractivity contribution is -0.118. The number of carbonyl (C=O) groups is 1. The third kappa shape index (κ3) is 3.01. The predicted molar refractivity (Wildman–Crippen MR) is 119 cm³/mol. The van der Waals surface area contributed by atoms with E-state index in [-0.39, 0.29) is 23.1 Å². The smallest absolute Gasteiger partial charge is 0.162 e. The van der Waals surface area contributed by atoms with Crippen LogP contribution < -0.4 is 5.32 Å². The number of fused-ring (bicyclic) bond motifs is 4. The molecule has 0 saturated heterocycles. The highest BCUT2D eigenvalue weighted by atomic mass is 79.9. The molecule has 3 aromatic rings. The largest absolute Gasteiger partial charge is 0.373 e. The standard InChI is InChI=1S/C25H21BrFNO/c1-25(2)12-17-22-16-6-4-3-5-14(16)8-10-20(22)28-24(23(17)21(29)13-25)15-7-9-19(27)18(26)11-15/h3-11,24,28H,12-13H2,1-2H3. The average Bonchev–Trinajstić information content (AvgIpc) is 2.68. The lowest BCUT2D eigenvalue weighted by Gasteiger charge is -2.40. The van der Waals surface area contributed by atoms with Crippen molar-refractivity contribution in [2.45, 2.75) is 32.7 Å². The Morgan fingerprint density at radius 1 is 1.07 bits per heavy atom. The molecule has 5 rings (SSSR count). The molecule has 2 nitrogen and oxygen atoms in total. The fourth-order valence-electron chi connectivity index (χ4n) is 4.78. The van der Waals surface area contributed by atoms with E-state index in [9.17, 15) is 9.18 Å². The number of halogens is 2. The molecule has 0 amide bonds. The summed E-state index contributed by atoms with van der Waals surface area (Å²) in [4.78, 5) is 13.3. The molecule has 1 aliphatic heterocycles. The van der Waals surface area contributed by atoms with E-state index < -0.39 is 0 Å². The van der Waals surface area contributed by atoms with Gasteiger partial charge in [-0.05, 0) is 67.9 Å². The Morgan fingerprint density at radius 2 is 1.86 bits per heavy atom. The topological polar surface area (TPSA) is 29.1 Å². The molecule has 1 aliphatic carbocycles. The predicted octanol–water partition coefficient (Wildman–Crippen LogP) is 7.05. The Bertz CT molecular complexity index is 1210. The summed E-state index contributed by atoms with van der Waals surface area (Å²) in [7, 11) is 0. The molecular weight excluding hydrogens is 429 g/mol. The summed E-state index contributed by atoms with van der Waals surface area (Å²) >= 11 is 3.29. The minimum atomic E-state index is -0.304. The Labute approximate surface area is 177 Å². The van der Waals surface area contributed by atoms with Crippen LogP contribution in [0.3, 0.4) is 0 Å². The lowest BCUT2D eigenvalue weighted by atomic mass is 9.68. The molecule has 3 aromatic carbocycles. The molecule has 0 aromatic heterocycles. The fraction of sp³-hybridized carbons (Fsp3) is 0.240. The van der Waals surface area contributed by atoms with Gasteiger partial charge < -0.3 is 5.32 Å². The number of hydrogen-bond acceptors (Lipinski definition) is 2. The molecule has 0 bridgehead atoms. The van der Waals surface area contributed by atoms with E-state index in [0.717, 1.165) is 39.8 Å². The Balaban J connectivity index is 1.80. The highest BCUT2D eigenvalue weighted by Crippen LogP contribution is 2.52. The van der Waals surface area contributed by atoms with Crippen molar-refractivity contribution in [2.75, 3.05) is 5.32 Å². The van der Waals surface area contributed by atoms with Gasteiger partial charge in [0.05, 0.1) is 10.5 Å². The van der Waals surface area contributed by atoms with Gasteiger partial charge in [0.2, 0.25) is 0 Å². The zero-order valence-corrected chi connectivity index (χ0v) is 17.9. The third-order valence-electron chi connectivity index (χ3n) is 6.02. The normalized spacial score (nSPS) is 20.3. The van der Waals surface area contributed by atoms with Crippen molar-refractivity contribution in [3.05, 3.63) is 81.6 Å². The number of allylic oxidation sites excluding steroid dienone is 1. The number of hydrogen-bond donors (Lipinski definition) is 1. The minimum Gasteiger partial charge on any atom is -0.373 e. The number of Topliss-reactive ketones (excluding diaryl/α,β-unsaturated/α-hetero) is 1. The molecule has 4 heteroatoms. The first-order valence-corrected chi connectivity index (χ1v) is 10.6. The van der Waals surface area contributed by atoms with Crippen LogP contribution in [-0.4, -0.2) is 5.78 Å². The summed E-state index contributed by atoms with van der Waals surface area (Å²) in [5, 5.41) is 5.91. The molecule has 0 saturated carbocycles. The third-order valence-corrected chi connectivity index (χ3v) is 6.62. The van der Waals surface area contributed by atoms with E-state index in [4.69, 9.17) is 0 Å². The maximum atomic E-state index is 13.8. The number of ketones is 1. The molecule has 0 fully saturated rings. The Hall–Kier alpha value is -2.46. The van der Waals surface area contributed by atoms with Gasteiger partial charge in [-0.15, -0.1) is 0 Å². The summed E-state index contributed by atoms with van der Waals surface area (Å²) in [5.41, 5.74) is 4.91. The van der Waals surface area contributed by atoms with Gasteiger partial charge in [-0.1, -0.05) is 50.2 Å². The van der Waals surface area contributed by atoms with Crippen molar-refractivity contribution in [1.29, 1.82) is 0 Å². The molecule has 1 N–H and O–H groups in total. The van der Waals surface area contributed by atoms with Crippen LogP contribution in [0.2, 0.25) is 0 Å². The SMILES string of the molecule is CC1(C)CC(=O)C2=C(C1)c1c(ccc3ccccc13)NC2c1ccc(F)c(Br)c1. The van der Waals surface area contributed by atoms with Crippen molar-refractivity contribution < 1.29 is 9.18 Å². The molecule has 1 atom stereocenters. The van der Waals surface area contributed by atoms with E-state index in [1.54, 1.807) is 12.1 Å². The number of carbonyl (C=O) groups excluding carboxylic acids is 1. The molecule has 1 heterocycles. The van der Waals surface area contributed by atoms with Gasteiger partial charge in [0.1, 0.15) is 5.82 Å². The van der Waals surface area contributed by atoms with E-state index in [1.807, 2.05) is 12.1 Å². The van der Waals surface area contributed by atoms with Crippen molar-refractivity contribution >= 4 is 43.7 Å². The van der Waals surface area contributed by atoms with E-state index in [1.165, 1.54) is 11.5 Å². The van der Waals surface area contributed by atoms with Crippen LogP contribution in [-0.2, 0) is 4.79 Å². The lowest BCUT2D eigenvalue weighted by Crippen LogP contribution is -2.33. The van der Waals surface area contributed by atoms with Crippen molar-refractivity contribution in [3.63, 3.8) is 0 Å². The quantitative estimate of drug-likeness (QED) is 0.431. The van der Waals surface area contributed by atoms with Crippen LogP contribution in [0.15, 0.2) is 64.6 Å². The van der Waals surface area contributed by atoms with E-state index in [0.29, 0.717) is 10.9 Å². The van der Waals surface area contributed by atoms with Crippen molar-refractivity contribution in [1.82, 2.24) is 0 Å². The zero-order chi connectivity index (χ0) is 20.3. The van der Waals surface area contributed by atoms with Crippen LogP contribution in [0, 0.1) is 11.2 Å². The monoisotopic (exact) mass is 449 g/mol. The number of benzene rings is 3. The van der Waals surface area contributed by atoms with Gasteiger partial charge in [-0.3, -0.25) is 4.79 Å². The van der Waals surface area contributed by atoms with Crippen LogP contribution in [0.1, 0.15) is 43.9 Å². The Morgan fingerprint density at radius 3 is 2.66 bits per heavy atom. The van der Waals surface area contributed by atoms with Crippen LogP contribution in [0.5, 0.6) is 0 Å². The first kappa shape index (κ1) is 18.6. The van der Waals surface area contributed by atoms with Crippen LogP contribution in [0.25, 0.3) is 16.3 Å². The van der Waals surface area contributed by atoms with Crippen molar-refractivity contribution in [3.8, 4) is 0 Å². The first-order chi connectivity index (χ1) is 13.8. The summed E-state index contributed by atoms with van der Waals surface area (Å²) in [5.74, 6) is -0.131. The number of nitrogens with one attached hydrogen (secondary N) is 1. The molecular formula is C25H21BrFNO. The minimum absolute atomic E-state index is 0.0879. The van der Waals surface area contributed by atoms with E-state index in [2.05, 4.69) is 59.4 Å². The molecule has 0 radical (unpaired) electrons. The summed E-state index contributed by atoms with van der Waals surface area (Å²) < 4.78 is 14.3. The maximum Gasteiger partial charge on any atom is 0.162 e. The summed E-state index contributed by atoms with van der Waals surface area (Å²) in [6.45, 7) is 4.32. The number of anilines is 1. The second-order valence-electron chi connectivity index (χ2n) is 8.79. The van der Waals surface area contributed by atoms with Gasteiger partial charge >= 0.3 is 0 Å². The second-order valence-corrected chi connectivity index (χ2v) is 9.65. The molecule has 0 spiro atoms. The second kappa shape index (κ2) is 6.53. The van der Waals surface area contributed by atoms with Crippen molar-refractivity contribution in [2.24, 2.45) is 5.41 Å². The molecule has 2 aliphatic rings. The van der Waals surface area contributed by atoms with Crippen LogP contribution >= 0.6 is 15.9 Å². The van der Waals surface area contributed by atoms with Gasteiger partial charge in [0.15, 0.2) is 5.78 Å².